The zero-order chi connectivity index (χ0) is 14.8. The van der Waals surface area contributed by atoms with Crippen LogP contribution < -0.4 is 16.0 Å². The molecule has 0 bridgehead atoms. The normalized spacial score (nSPS) is 10.5. The van der Waals surface area contributed by atoms with Crippen molar-refractivity contribution in [2.75, 3.05) is 10.9 Å². The summed E-state index contributed by atoms with van der Waals surface area (Å²) in [6.07, 6.45) is 0. The van der Waals surface area contributed by atoms with Crippen molar-refractivity contribution in [2.45, 2.75) is 0 Å². The monoisotopic (exact) mass is 283 g/mol. The molecule has 3 rings (SSSR count). The molecule has 0 radical (unpaired) electrons. The van der Waals surface area contributed by atoms with Crippen molar-refractivity contribution >= 4 is 28.0 Å². The highest BCUT2D eigenvalue weighted by Gasteiger charge is 2.06. The summed E-state index contributed by atoms with van der Waals surface area (Å²) < 4.78 is 0. The van der Waals surface area contributed by atoms with Gasteiger partial charge in [0.15, 0.2) is 0 Å². The van der Waals surface area contributed by atoms with Crippen molar-refractivity contribution in [3.63, 3.8) is 0 Å². The Balaban J connectivity index is 1.80. The number of nitro groups is 1. The molecule has 0 spiro atoms. The minimum atomic E-state index is -0.466. The number of nitro benzene ring substituents is 1. The molecule has 0 fully saturated rings. The van der Waals surface area contributed by atoms with Crippen LogP contribution in [0.3, 0.4) is 0 Å². The number of aromatic amines is 1. The van der Waals surface area contributed by atoms with Gasteiger partial charge in [0, 0.05) is 23.0 Å². The van der Waals surface area contributed by atoms with Gasteiger partial charge in [-0.05, 0) is 24.1 Å². The summed E-state index contributed by atoms with van der Waals surface area (Å²) in [5.74, 6) is -0.231. The van der Waals surface area contributed by atoms with Gasteiger partial charge in [0.05, 0.1) is 16.3 Å². The molecule has 7 nitrogen and oxygen atoms in total. The number of hydrazine groups is 1. The first-order chi connectivity index (χ1) is 10.1. The number of hydrogen-bond acceptors (Lipinski definition) is 5. The Hall–Kier alpha value is -3.22. The van der Waals surface area contributed by atoms with Crippen LogP contribution >= 0.6 is 0 Å². The largest absolute Gasteiger partial charge is 0.859 e. The van der Waals surface area contributed by atoms with Gasteiger partial charge < -0.3 is 15.5 Å². The van der Waals surface area contributed by atoms with Crippen LogP contribution in [0.2, 0.25) is 0 Å². The molecule has 1 aromatic heterocycles. The van der Waals surface area contributed by atoms with Gasteiger partial charge in [-0.3, -0.25) is 15.5 Å². The number of rotatable bonds is 4. The van der Waals surface area contributed by atoms with Crippen molar-refractivity contribution in [1.29, 1.82) is 0 Å². The van der Waals surface area contributed by atoms with Crippen LogP contribution in [-0.4, -0.2) is 9.91 Å². The van der Waals surface area contributed by atoms with Crippen molar-refractivity contribution in [2.24, 2.45) is 0 Å². The standard InChI is InChI=1S/C14H12N4O3/c19-14-13(11-3-1-2-4-12(11)15-14)17-16-9-5-7-10(8-6-9)18(20)21/h1-8,15-17,19H/p-1. The second-order valence-corrected chi connectivity index (χ2v) is 4.43. The highest BCUT2D eigenvalue weighted by Crippen LogP contribution is 2.30. The van der Waals surface area contributed by atoms with E-state index in [2.05, 4.69) is 15.8 Å². The first-order valence-corrected chi connectivity index (χ1v) is 6.19. The summed E-state index contributed by atoms with van der Waals surface area (Å²) in [7, 11) is 0. The van der Waals surface area contributed by atoms with Gasteiger partial charge in [0.2, 0.25) is 0 Å². The summed E-state index contributed by atoms with van der Waals surface area (Å²) >= 11 is 0. The van der Waals surface area contributed by atoms with E-state index in [0.29, 0.717) is 11.4 Å². The summed E-state index contributed by atoms with van der Waals surface area (Å²) in [6.45, 7) is 0. The number of anilines is 2. The maximum atomic E-state index is 11.9. The lowest BCUT2D eigenvalue weighted by Gasteiger charge is -2.13. The van der Waals surface area contributed by atoms with E-state index in [1.807, 2.05) is 24.3 Å². The molecule has 0 atom stereocenters. The van der Waals surface area contributed by atoms with E-state index in [1.165, 1.54) is 12.1 Å². The average molecular weight is 283 g/mol. The molecule has 0 aliphatic carbocycles. The Morgan fingerprint density at radius 3 is 2.43 bits per heavy atom. The van der Waals surface area contributed by atoms with E-state index in [1.54, 1.807) is 12.1 Å². The molecule has 2 aromatic carbocycles. The fourth-order valence-corrected chi connectivity index (χ4v) is 2.04. The summed E-state index contributed by atoms with van der Waals surface area (Å²) in [5.41, 5.74) is 7.47. The van der Waals surface area contributed by atoms with E-state index < -0.39 is 4.92 Å². The first kappa shape index (κ1) is 12.8. The van der Waals surface area contributed by atoms with Gasteiger partial charge >= 0.3 is 0 Å². The van der Waals surface area contributed by atoms with E-state index in [9.17, 15) is 15.2 Å². The Bertz CT molecular complexity index is 796. The second kappa shape index (κ2) is 5.04. The van der Waals surface area contributed by atoms with Crippen LogP contribution in [-0.2, 0) is 0 Å². The van der Waals surface area contributed by atoms with E-state index in [4.69, 9.17) is 0 Å². The molecule has 106 valence electrons. The van der Waals surface area contributed by atoms with Crippen LogP contribution in [0.15, 0.2) is 48.5 Å². The number of benzene rings is 2. The lowest BCUT2D eigenvalue weighted by Crippen LogP contribution is -2.10. The van der Waals surface area contributed by atoms with E-state index in [0.717, 1.165) is 10.9 Å². The molecule has 0 saturated heterocycles. The van der Waals surface area contributed by atoms with Gasteiger partial charge in [-0.2, -0.15) is 0 Å². The van der Waals surface area contributed by atoms with Gasteiger partial charge in [0.25, 0.3) is 5.69 Å². The molecular weight excluding hydrogens is 272 g/mol. The number of aromatic nitrogens is 1. The molecular formula is C14H11N4O3-. The third-order valence-electron chi connectivity index (χ3n) is 3.08. The van der Waals surface area contributed by atoms with Gasteiger partial charge in [-0.15, -0.1) is 0 Å². The third kappa shape index (κ3) is 2.44. The van der Waals surface area contributed by atoms with Gasteiger partial charge in [-0.25, -0.2) is 0 Å². The number of para-hydroxylation sites is 1. The van der Waals surface area contributed by atoms with Crippen molar-refractivity contribution in [3.05, 3.63) is 58.6 Å². The Kier molecular flexibility index (Phi) is 3.07. The highest BCUT2D eigenvalue weighted by atomic mass is 16.6. The lowest BCUT2D eigenvalue weighted by molar-refractivity contribution is -0.384. The lowest BCUT2D eigenvalue weighted by atomic mass is 10.2. The Morgan fingerprint density at radius 1 is 1.00 bits per heavy atom. The number of nitrogens with one attached hydrogen (secondary N) is 3. The molecule has 0 saturated carbocycles. The Labute approximate surface area is 119 Å². The fourth-order valence-electron chi connectivity index (χ4n) is 2.04. The zero-order valence-corrected chi connectivity index (χ0v) is 10.8. The molecule has 0 aliphatic rings. The molecule has 3 aromatic rings. The number of hydrogen-bond donors (Lipinski definition) is 3. The number of non-ortho nitro benzene ring substituents is 1. The highest BCUT2D eigenvalue weighted by molar-refractivity contribution is 5.96. The van der Waals surface area contributed by atoms with Crippen LogP contribution in [0.1, 0.15) is 0 Å². The predicted octanol–water partition coefficient (Wildman–Crippen LogP) is 2.59. The molecule has 0 amide bonds. The maximum Gasteiger partial charge on any atom is 0.269 e. The molecule has 7 heteroatoms. The summed E-state index contributed by atoms with van der Waals surface area (Å²) in [5, 5.41) is 23.2. The molecule has 0 unspecified atom stereocenters. The SMILES string of the molecule is O=[N+]([O-])c1ccc(NNc2c([O-])[nH]c3ccccc23)cc1. The molecule has 3 N–H and O–H groups in total. The quantitative estimate of drug-likeness (QED) is 0.504. The van der Waals surface area contributed by atoms with Crippen molar-refractivity contribution in [3.8, 4) is 5.88 Å². The van der Waals surface area contributed by atoms with Crippen LogP contribution in [0.4, 0.5) is 17.1 Å². The van der Waals surface area contributed by atoms with Crippen LogP contribution in [0.25, 0.3) is 10.9 Å². The molecule has 21 heavy (non-hydrogen) atoms. The first-order valence-electron chi connectivity index (χ1n) is 6.19. The number of nitrogens with zero attached hydrogens (tertiary/aromatic N) is 1. The molecule has 1 heterocycles. The number of H-pyrrole nitrogens is 1. The summed E-state index contributed by atoms with van der Waals surface area (Å²) in [6, 6.07) is 13.2. The second-order valence-electron chi connectivity index (χ2n) is 4.43. The summed E-state index contributed by atoms with van der Waals surface area (Å²) in [4.78, 5) is 12.8. The van der Waals surface area contributed by atoms with Gasteiger partial charge in [0.1, 0.15) is 0 Å². The fraction of sp³-hybridized carbons (Fsp3) is 0. The van der Waals surface area contributed by atoms with Crippen molar-refractivity contribution in [1.82, 2.24) is 4.98 Å². The smallest absolute Gasteiger partial charge is 0.269 e. The zero-order valence-electron chi connectivity index (χ0n) is 10.8. The topological polar surface area (TPSA) is 106 Å². The minimum Gasteiger partial charge on any atom is -0.859 e. The third-order valence-corrected chi connectivity index (χ3v) is 3.08. The number of fused-ring (bicyclic) bond motifs is 1. The predicted molar refractivity (Wildman–Crippen MR) is 78.1 cm³/mol. The van der Waals surface area contributed by atoms with Gasteiger partial charge in [-0.1, -0.05) is 18.2 Å². The van der Waals surface area contributed by atoms with Crippen LogP contribution in [0.5, 0.6) is 5.88 Å². The average Bonchev–Trinajstić information content (AvgIpc) is 2.81. The van der Waals surface area contributed by atoms with Crippen LogP contribution in [0, 0.1) is 10.1 Å². The maximum absolute atomic E-state index is 11.9. The van der Waals surface area contributed by atoms with Crippen molar-refractivity contribution < 1.29 is 10.0 Å². The molecule has 0 aliphatic heterocycles. The minimum absolute atomic E-state index is 0.0113. The van der Waals surface area contributed by atoms with E-state index >= 15 is 0 Å². The van der Waals surface area contributed by atoms with E-state index in [-0.39, 0.29) is 11.6 Å². The Morgan fingerprint density at radius 2 is 1.71 bits per heavy atom.